The molecule has 0 saturated carbocycles. The van der Waals surface area contributed by atoms with Gasteiger partial charge in [0.05, 0.1) is 5.69 Å². The summed E-state index contributed by atoms with van der Waals surface area (Å²) < 4.78 is 1.79. The lowest BCUT2D eigenvalue weighted by atomic mass is 9.82. The van der Waals surface area contributed by atoms with E-state index >= 15 is 0 Å². The van der Waals surface area contributed by atoms with Crippen LogP contribution in [0.15, 0.2) is 24.3 Å². The second kappa shape index (κ2) is 5.55. The highest BCUT2D eigenvalue weighted by molar-refractivity contribution is 5.77. The largest absolute Gasteiger partial charge is 0.383 e. The normalized spacial score (nSPS) is 12.1. The summed E-state index contributed by atoms with van der Waals surface area (Å²) in [6.45, 7) is 11.1. The lowest BCUT2D eigenvalue weighted by Gasteiger charge is -2.22. The molecule has 21 heavy (non-hydrogen) atoms. The van der Waals surface area contributed by atoms with Crippen LogP contribution >= 0.6 is 0 Å². The molecule has 0 saturated heterocycles. The molecule has 114 valence electrons. The van der Waals surface area contributed by atoms with E-state index in [-0.39, 0.29) is 5.41 Å². The zero-order chi connectivity index (χ0) is 15.8. The lowest BCUT2D eigenvalue weighted by Crippen LogP contribution is -2.17. The average molecular weight is 285 g/mol. The van der Waals surface area contributed by atoms with Crippen molar-refractivity contribution in [1.82, 2.24) is 9.78 Å². The van der Waals surface area contributed by atoms with Crippen LogP contribution in [0.2, 0.25) is 0 Å². The molecule has 0 aliphatic carbocycles. The van der Waals surface area contributed by atoms with Crippen molar-refractivity contribution in [1.29, 1.82) is 0 Å². The fourth-order valence-corrected chi connectivity index (χ4v) is 2.50. The number of aryl methyl sites for hydroxylation is 1. The van der Waals surface area contributed by atoms with Crippen molar-refractivity contribution in [2.75, 3.05) is 5.73 Å². The third-order valence-corrected chi connectivity index (χ3v) is 4.48. The van der Waals surface area contributed by atoms with Crippen molar-refractivity contribution in [2.24, 2.45) is 7.05 Å². The molecule has 1 aromatic carbocycles. The summed E-state index contributed by atoms with van der Waals surface area (Å²) in [4.78, 5) is 0. The van der Waals surface area contributed by atoms with Gasteiger partial charge in [0.2, 0.25) is 0 Å². The molecule has 2 aromatic rings. The van der Waals surface area contributed by atoms with E-state index in [4.69, 9.17) is 5.73 Å². The van der Waals surface area contributed by atoms with Crippen LogP contribution in [0.3, 0.4) is 0 Å². The van der Waals surface area contributed by atoms with E-state index in [1.54, 1.807) is 4.68 Å². The molecule has 0 fully saturated rings. The van der Waals surface area contributed by atoms with Gasteiger partial charge in [0.15, 0.2) is 0 Å². The second-order valence-corrected chi connectivity index (χ2v) is 6.75. The minimum atomic E-state index is 0.0153. The molecule has 2 N–H and O–H groups in total. The second-order valence-electron chi connectivity index (χ2n) is 6.75. The van der Waals surface area contributed by atoms with Crippen LogP contribution in [0, 0.1) is 0 Å². The highest BCUT2D eigenvalue weighted by Gasteiger charge is 2.28. The number of nitrogen functional groups attached to an aromatic ring is 1. The Morgan fingerprint density at radius 3 is 2.24 bits per heavy atom. The molecule has 0 unspecified atom stereocenters. The molecule has 3 heteroatoms. The summed E-state index contributed by atoms with van der Waals surface area (Å²) in [7, 11) is 1.91. The summed E-state index contributed by atoms with van der Waals surface area (Å²) >= 11 is 0. The zero-order valence-corrected chi connectivity index (χ0v) is 14.1. The number of benzene rings is 1. The number of anilines is 1. The molecular weight excluding hydrogens is 258 g/mol. The van der Waals surface area contributed by atoms with Gasteiger partial charge in [0.25, 0.3) is 0 Å². The van der Waals surface area contributed by atoms with Crippen LogP contribution in [0.5, 0.6) is 0 Å². The van der Waals surface area contributed by atoms with E-state index in [1.807, 2.05) is 7.05 Å². The molecule has 1 heterocycles. The Bertz CT molecular complexity index is 619. The highest BCUT2D eigenvalue weighted by Crippen LogP contribution is 2.38. The minimum Gasteiger partial charge on any atom is -0.383 e. The Balaban J connectivity index is 2.58. The fourth-order valence-electron chi connectivity index (χ4n) is 2.50. The van der Waals surface area contributed by atoms with Crippen molar-refractivity contribution in [3.05, 3.63) is 35.5 Å². The molecule has 0 radical (unpaired) electrons. The van der Waals surface area contributed by atoms with Crippen molar-refractivity contribution in [2.45, 2.75) is 52.4 Å². The Labute approximate surface area is 128 Å². The van der Waals surface area contributed by atoms with E-state index in [9.17, 15) is 0 Å². The number of hydrogen-bond acceptors (Lipinski definition) is 2. The van der Waals surface area contributed by atoms with E-state index in [0.29, 0.717) is 5.92 Å². The minimum absolute atomic E-state index is 0.0153. The lowest BCUT2D eigenvalue weighted by molar-refractivity contribution is 0.483. The molecule has 2 rings (SSSR count). The van der Waals surface area contributed by atoms with E-state index in [1.165, 1.54) is 5.56 Å². The van der Waals surface area contributed by atoms with Crippen LogP contribution in [0.25, 0.3) is 11.1 Å². The maximum absolute atomic E-state index is 6.29. The van der Waals surface area contributed by atoms with Crippen molar-refractivity contribution in [3.8, 4) is 11.1 Å². The third-order valence-electron chi connectivity index (χ3n) is 4.48. The highest BCUT2D eigenvalue weighted by atomic mass is 15.3. The van der Waals surface area contributed by atoms with Gasteiger partial charge in [-0.1, -0.05) is 58.9 Å². The SMILES string of the molecule is CCC(C)(C)c1nn(C)c(N)c1-c1ccc(C(C)C)cc1. The summed E-state index contributed by atoms with van der Waals surface area (Å²) in [6, 6.07) is 8.71. The van der Waals surface area contributed by atoms with Gasteiger partial charge >= 0.3 is 0 Å². The summed E-state index contributed by atoms with van der Waals surface area (Å²) in [5.41, 5.74) is 11.0. The van der Waals surface area contributed by atoms with Crippen molar-refractivity contribution in [3.63, 3.8) is 0 Å². The first-order valence-electron chi connectivity index (χ1n) is 7.71. The van der Waals surface area contributed by atoms with E-state index < -0.39 is 0 Å². The summed E-state index contributed by atoms with van der Waals surface area (Å²) in [5, 5.41) is 4.68. The fraction of sp³-hybridized carbons (Fsp3) is 0.500. The van der Waals surface area contributed by atoms with Crippen LogP contribution in [-0.2, 0) is 12.5 Å². The van der Waals surface area contributed by atoms with Crippen LogP contribution in [0.4, 0.5) is 5.82 Å². The summed E-state index contributed by atoms with van der Waals surface area (Å²) in [5.74, 6) is 1.28. The molecule has 3 nitrogen and oxygen atoms in total. The quantitative estimate of drug-likeness (QED) is 0.900. The Morgan fingerprint density at radius 1 is 1.19 bits per heavy atom. The van der Waals surface area contributed by atoms with Crippen LogP contribution in [0.1, 0.15) is 58.2 Å². The number of hydrogen-bond donors (Lipinski definition) is 1. The van der Waals surface area contributed by atoms with Crippen molar-refractivity contribution >= 4 is 5.82 Å². The van der Waals surface area contributed by atoms with Gasteiger partial charge in [-0.2, -0.15) is 5.10 Å². The van der Waals surface area contributed by atoms with Gasteiger partial charge in [0.1, 0.15) is 5.82 Å². The Kier molecular flexibility index (Phi) is 4.13. The molecular formula is C18H27N3. The maximum Gasteiger partial charge on any atom is 0.129 e. The van der Waals surface area contributed by atoms with Gasteiger partial charge in [-0.15, -0.1) is 0 Å². The molecule has 1 aromatic heterocycles. The summed E-state index contributed by atoms with van der Waals surface area (Å²) in [6.07, 6.45) is 1.03. The molecule has 0 atom stereocenters. The van der Waals surface area contributed by atoms with Gasteiger partial charge < -0.3 is 5.73 Å². The van der Waals surface area contributed by atoms with E-state index in [2.05, 4.69) is 64.0 Å². The zero-order valence-electron chi connectivity index (χ0n) is 14.1. The first kappa shape index (κ1) is 15.6. The monoisotopic (exact) mass is 285 g/mol. The predicted molar refractivity (Wildman–Crippen MR) is 90.5 cm³/mol. The molecule has 0 aliphatic rings. The average Bonchev–Trinajstić information content (AvgIpc) is 2.76. The van der Waals surface area contributed by atoms with Crippen LogP contribution < -0.4 is 5.73 Å². The van der Waals surface area contributed by atoms with Crippen LogP contribution in [-0.4, -0.2) is 9.78 Å². The first-order chi connectivity index (χ1) is 9.77. The molecule has 0 bridgehead atoms. The van der Waals surface area contributed by atoms with Gasteiger partial charge in [-0.05, 0) is 23.5 Å². The topological polar surface area (TPSA) is 43.8 Å². The smallest absolute Gasteiger partial charge is 0.129 e. The standard InChI is InChI=1S/C18H27N3/c1-7-18(4,5)16-15(17(19)21(6)20-16)14-10-8-13(9-11-14)12(2)3/h8-12H,7,19H2,1-6H3. The van der Waals surface area contributed by atoms with Gasteiger partial charge in [-0.3, -0.25) is 4.68 Å². The van der Waals surface area contributed by atoms with Crippen molar-refractivity contribution < 1.29 is 0 Å². The molecule has 0 spiro atoms. The predicted octanol–water partition coefficient (Wildman–Crippen LogP) is 4.48. The van der Waals surface area contributed by atoms with Gasteiger partial charge in [0, 0.05) is 18.0 Å². The third kappa shape index (κ3) is 2.82. The Hall–Kier alpha value is -1.77. The maximum atomic E-state index is 6.29. The van der Waals surface area contributed by atoms with E-state index in [0.717, 1.165) is 29.1 Å². The number of nitrogens with zero attached hydrogens (tertiary/aromatic N) is 2. The number of nitrogens with two attached hydrogens (primary N) is 1. The van der Waals surface area contributed by atoms with Gasteiger partial charge in [-0.25, -0.2) is 0 Å². The first-order valence-corrected chi connectivity index (χ1v) is 7.71. The molecule has 0 aliphatic heterocycles. The number of rotatable bonds is 4. The Morgan fingerprint density at radius 2 is 1.76 bits per heavy atom. The molecule has 0 amide bonds. The number of aromatic nitrogens is 2.